The summed E-state index contributed by atoms with van der Waals surface area (Å²) in [5.41, 5.74) is 0. The summed E-state index contributed by atoms with van der Waals surface area (Å²) in [6.45, 7) is 3.43. The van der Waals surface area contributed by atoms with Gasteiger partial charge in [-0.15, -0.1) is 17.9 Å². The molecular weight excluding hydrogens is 216 g/mol. The van der Waals surface area contributed by atoms with Gasteiger partial charge in [-0.2, -0.15) is 0 Å². The molecule has 2 nitrogen and oxygen atoms in total. The quantitative estimate of drug-likeness (QED) is 0.582. The standard InChI is InChI=1S/C7H7ClO2S2/c1-2-7(12(8,9)10)6-4-3-5-11-6/h2-5,7H,1H2. The Balaban J connectivity index is 3.08. The first-order chi connectivity index (χ1) is 5.55. The summed E-state index contributed by atoms with van der Waals surface area (Å²) in [4.78, 5) is 0.694. The van der Waals surface area contributed by atoms with Gasteiger partial charge < -0.3 is 0 Å². The number of thiophene rings is 1. The van der Waals surface area contributed by atoms with Gasteiger partial charge in [-0.05, 0) is 11.4 Å². The number of hydrogen-bond acceptors (Lipinski definition) is 3. The van der Waals surface area contributed by atoms with Gasteiger partial charge in [-0.25, -0.2) is 8.42 Å². The van der Waals surface area contributed by atoms with Crippen LogP contribution in [0, 0.1) is 0 Å². The van der Waals surface area contributed by atoms with Crippen molar-refractivity contribution >= 4 is 31.1 Å². The molecule has 1 aromatic rings. The van der Waals surface area contributed by atoms with Crippen LogP contribution in [0.3, 0.4) is 0 Å². The van der Waals surface area contributed by atoms with E-state index in [0.29, 0.717) is 4.88 Å². The second-order valence-corrected chi connectivity index (χ2v) is 5.88. The van der Waals surface area contributed by atoms with Crippen molar-refractivity contribution in [1.29, 1.82) is 0 Å². The highest BCUT2D eigenvalue weighted by atomic mass is 35.7. The molecule has 0 fully saturated rings. The van der Waals surface area contributed by atoms with Crippen molar-refractivity contribution in [2.75, 3.05) is 0 Å². The van der Waals surface area contributed by atoms with Crippen molar-refractivity contribution in [3.8, 4) is 0 Å². The summed E-state index contributed by atoms with van der Waals surface area (Å²) < 4.78 is 21.9. The molecule has 1 aromatic heterocycles. The van der Waals surface area contributed by atoms with E-state index in [0.717, 1.165) is 0 Å². The second-order valence-electron chi connectivity index (χ2n) is 2.15. The summed E-state index contributed by atoms with van der Waals surface area (Å²) in [5, 5.41) is 1.02. The van der Waals surface area contributed by atoms with Crippen LogP contribution in [0.15, 0.2) is 30.2 Å². The van der Waals surface area contributed by atoms with Crippen LogP contribution in [-0.2, 0) is 9.05 Å². The maximum atomic E-state index is 11.0. The summed E-state index contributed by atoms with van der Waals surface area (Å²) in [6.07, 6.45) is 1.33. The van der Waals surface area contributed by atoms with Crippen molar-refractivity contribution in [2.45, 2.75) is 5.25 Å². The Morgan fingerprint density at radius 1 is 1.67 bits per heavy atom. The molecule has 0 aliphatic carbocycles. The fourth-order valence-electron chi connectivity index (χ4n) is 0.823. The Labute approximate surface area is 79.9 Å². The zero-order valence-corrected chi connectivity index (χ0v) is 8.49. The van der Waals surface area contributed by atoms with Gasteiger partial charge in [0.15, 0.2) is 0 Å². The Hall–Kier alpha value is -0.320. The summed E-state index contributed by atoms with van der Waals surface area (Å²) in [5.74, 6) is 0. The van der Waals surface area contributed by atoms with Crippen LogP contribution < -0.4 is 0 Å². The van der Waals surface area contributed by atoms with E-state index in [-0.39, 0.29) is 0 Å². The smallest absolute Gasteiger partial charge is 0.211 e. The van der Waals surface area contributed by atoms with Crippen molar-refractivity contribution in [3.63, 3.8) is 0 Å². The summed E-state index contributed by atoms with van der Waals surface area (Å²) in [6, 6.07) is 3.50. The molecule has 1 unspecified atom stereocenters. The largest absolute Gasteiger partial charge is 0.244 e. The lowest BCUT2D eigenvalue weighted by atomic mass is 10.3. The van der Waals surface area contributed by atoms with Crippen molar-refractivity contribution in [2.24, 2.45) is 0 Å². The average molecular weight is 223 g/mol. The Kier molecular flexibility index (Phi) is 2.93. The van der Waals surface area contributed by atoms with Gasteiger partial charge in [0.05, 0.1) is 0 Å². The lowest BCUT2D eigenvalue weighted by Gasteiger charge is -2.04. The number of hydrogen-bond donors (Lipinski definition) is 0. The molecular formula is C7H7ClO2S2. The van der Waals surface area contributed by atoms with Gasteiger partial charge in [0, 0.05) is 15.6 Å². The van der Waals surface area contributed by atoms with Crippen molar-refractivity contribution in [1.82, 2.24) is 0 Å². The molecule has 5 heteroatoms. The highest BCUT2D eigenvalue weighted by Gasteiger charge is 2.22. The van der Waals surface area contributed by atoms with Crippen LogP contribution in [0.2, 0.25) is 0 Å². The lowest BCUT2D eigenvalue weighted by Crippen LogP contribution is -2.01. The van der Waals surface area contributed by atoms with E-state index in [4.69, 9.17) is 10.7 Å². The minimum atomic E-state index is -3.57. The molecule has 1 rings (SSSR count). The predicted octanol–water partition coefficient (Wildman–Crippen LogP) is 2.54. The van der Waals surface area contributed by atoms with E-state index in [1.807, 2.05) is 0 Å². The molecule has 66 valence electrons. The molecule has 0 saturated heterocycles. The zero-order valence-electron chi connectivity index (χ0n) is 6.10. The fraction of sp³-hybridized carbons (Fsp3) is 0.143. The number of halogens is 1. The molecule has 0 aliphatic heterocycles. The first kappa shape index (κ1) is 9.77. The van der Waals surface area contributed by atoms with E-state index < -0.39 is 14.3 Å². The molecule has 0 aromatic carbocycles. The van der Waals surface area contributed by atoms with Gasteiger partial charge in [-0.1, -0.05) is 12.1 Å². The monoisotopic (exact) mass is 222 g/mol. The predicted molar refractivity (Wildman–Crippen MR) is 52.0 cm³/mol. The maximum Gasteiger partial charge on any atom is 0.244 e. The minimum Gasteiger partial charge on any atom is -0.211 e. The third-order valence-electron chi connectivity index (χ3n) is 1.34. The molecule has 0 spiro atoms. The first-order valence-corrected chi connectivity index (χ1v) is 6.40. The minimum absolute atomic E-state index is 0.694. The van der Waals surface area contributed by atoms with Crippen LogP contribution in [0.5, 0.6) is 0 Å². The van der Waals surface area contributed by atoms with Crippen LogP contribution >= 0.6 is 22.0 Å². The van der Waals surface area contributed by atoms with Crippen LogP contribution in [0.4, 0.5) is 0 Å². The fourth-order valence-corrected chi connectivity index (χ4v) is 3.32. The van der Waals surface area contributed by atoms with Crippen molar-refractivity contribution < 1.29 is 8.42 Å². The van der Waals surface area contributed by atoms with Gasteiger partial charge in [-0.3, -0.25) is 0 Å². The summed E-state index contributed by atoms with van der Waals surface area (Å²) >= 11 is 1.35. The third-order valence-corrected chi connectivity index (χ3v) is 4.07. The van der Waals surface area contributed by atoms with E-state index in [9.17, 15) is 8.42 Å². The molecule has 0 radical (unpaired) electrons. The van der Waals surface area contributed by atoms with Crippen LogP contribution in [-0.4, -0.2) is 8.42 Å². The van der Waals surface area contributed by atoms with Gasteiger partial charge in [0.25, 0.3) is 0 Å². The highest BCUT2D eigenvalue weighted by Crippen LogP contribution is 2.29. The average Bonchev–Trinajstić information content (AvgIpc) is 2.38. The Morgan fingerprint density at radius 3 is 2.67 bits per heavy atom. The van der Waals surface area contributed by atoms with Gasteiger partial charge in [0.2, 0.25) is 9.05 Å². The second kappa shape index (κ2) is 3.60. The molecule has 0 bridgehead atoms. The van der Waals surface area contributed by atoms with Gasteiger partial charge in [0.1, 0.15) is 5.25 Å². The van der Waals surface area contributed by atoms with Gasteiger partial charge >= 0.3 is 0 Å². The Bertz CT molecular complexity index is 353. The molecule has 1 heterocycles. The lowest BCUT2D eigenvalue weighted by molar-refractivity contribution is 0.605. The van der Waals surface area contributed by atoms with E-state index in [2.05, 4.69) is 6.58 Å². The SMILES string of the molecule is C=CC(c1cccs1)S(=O)(=O)Cl. The van der Waals surface area contributed by atoms with E-state index >= 15 is 0 Å². The van der Waals surface area contributed by atoms with Crippen LogP contribution in [0.25, 0.3) is 0 Å². The number of rotatable bonds is 3. The topological polar surface area (TPSA) is 34.1 Å². The molecule has 0 aliphatic rings. The first-order valence-electron chi connectivity index (χ1n) is 3.15. The maximum absolute atomic E-state index is 11.0. The normalized spacial score (nSPS) is 14.1. The zero-order chi connectivity index (χ0) is 9.19. The highest BCUT2D eigenvalue weighted by molar-refractivity contribution is 8.14. The molecule has 0 saturated carbocycles. The van der Waals surface area contributed by atoms with E-state index in [1.165, 1.54) is 17.4 Å². The summed E-state index contributed by atoms with van der Waals surface area (Å²) in [7, 11) is 1.63. The molecule has 12 heavy (non-hydrogen) atoms. The molecule has 0 N–H and O–H groups in total. The van der Waals surface area contributed by atoms with Crippen molar-refractivity contribution in [3.05, 3.63) is 35.0 Å². The van der Waals surface area contributed by atoms with E-state index in [1.54, 1.807) is 17.5 Å². The Morgan fingerprint density at radius 2 is 2.33 bits per heavy atom. The molecule has 0 amide bonds. The molecule has 1 atom stereocenters. The van der Waals surface area contributed by atoms with Crippen LogP contribution in [0.1, 0.15) is 10.1 Å². The third kappa shape index (κ3) is 2.09.